The lowest BCUT2D eigenvalue weighted by atomic mass is 9.85. The van der Waals surface area contributed by atoms with E-state index < -0.39 is 10.0 Å². The summed E-state index contributed by atoms with van der Waals surface area (Å²) in [6.07, 6.45) is 8.29. The van der Waals surface area contributed by atoms with E-state index in [-0.39, 0.29) is 16.8 Å². The normalized spacial score (nSPS) is 24.0. The Hall–Kier alpha value is -1.60. The Bertz CT molecular complexity index is 816. The maximum atomic E-state index is 13.3. The summed E-state index contributed by atoms with van der Waals surface area (Å²) in [4.78, 5) is 15.3. The Morgan fingerprint density at radius 1 is 1.07 bits per heavy atom. The highest BCUT2D eigenvalue weighted by molar-refractivity contribution is 7.89. The molecule has 0 N–H and O–H groups in total. The molecule has 2 unspecified atom stereocenters. The summed E-state index contributed by atoms with van der Waals surface area (Å²) in [5.74, 6) is 0.682. The number of hydrogen-bond donors (Lipinski definition) is 0. The molecule has 0 bridgehead atoms. The number of hydrogen-bond acceptors (Lipinski definition) is 4. The Labute approximate surface area is 175 Å². The van der Waals surface area contributed by atoms with E-state index in [2.05, 4.69) is 6.92 Å². The number of rotatable bonds is 5. The van der Waals surface area contributed by atoms with Gasteiger partial charge in [0.1, 0.15) is 5.75 Å². The zero-order chi connectivity index (χ0) is 21.0. The topological polar surface area (TPSA) is 66.9 Å². The summed E-state index contributed by atoms with van der Waals surface area (Å²) in [5.41, 5.74) is 0.323. The molecule has 1 saturated heterocycles. The Kier molecular flexibility index (Phi) is 7.22. The molecule has 29 heavy (non-hydrogen) atoms. The number of amides is 1. The summed E-state index contributed by atoms with van der Waals surface area (Å²) in [5, 5.41) is 0. The zero-order valence-corrected chi connectivity index (χ0v) is 18.7. The highest BCUT2D eigenvalue weighted by atomic mass is 32.2. The van der Waals surface area contributed by atoms with Crippen LogP contribution < -0.4 is 4.74 Å². The number of methoxy groups -OCH3 is 1. The first-order chi connectivity index (χ1) is 13.9. The minimum absolute atomic E-state index is 0.173. The zero-order valence-electron chi connectivity index (χ0n) is 17.9. The fourth-order valence-corrected chi connectivity index (χ4v) is 6.20. The van der Waals surface area contributed by atoms with Crippen LogP contribution in [0, 0.1) is 5.92 Å². The Balaban J connectivity index is 1.91. The minimum Gasteiger partial charge on any atom is -0.496 e. The van der Waals surface area contributed by atoms with E-state index in [9.17, 15) is 13.2 Å². The van der Waals surface area contributed by atoms with Gasteiger partial charge in [0.2, 0.25) is 10.0 Å². The van der Waals surface area contributed by atoms with Gasteiger partial charge < -0.3 is 9.64 Å². The summed E-state index contributed by atoms with van der Waals surface area (Å²) < 4.78 is 33.4. The van der Waals surface area contributed by atoms with Crippen LogP contribution in [0.5, 0.6) is 5.75 Å². The van der Waals surface area contributed by atoms with Gasteiger partial charge in [0.25, 0.3) is 5.91 Å². The minimum atomic E-state index is -3.62. The molecule has 1 heterocycles. The standard InChI is InChI=1S/C22H34N2O4S/c1-17-10-6-7-11-20(17)23(2)22(25)19-16-18(12-13-21(19)28-3)29(26,27)24-14-8-4-5-9-15-24/h12-13,16-17,20H,4-11,14-15H2,1-3H3. The molecule has 2 fully saturated rings. The maximum Gasteiger partial charge on any atom is 0.257 e. The Morgan fingerprint density at radius 2 is 1.72 bits per heavy atom. The van der Waals surface area contributed by atoms with Gasteiger partial charge in [-0.2, -0.15) is 4.31 Å². The fraction of sp³-hybridized carbons (Fsp3) is 0.682. The van der Waals surface area contributed by atoms with Gasteiger partial charge in [-0.3, -0.25) is 4.79 Å². The number of carbonyl (C=O) groups excluding carboxylic acids is 1. The lowest BCUT2D eigenvalue weighted by Crippen LogP contribution is -2.42. The molecule has 1 saturated carbocycles. The van der Waals surface area contributed by atoms with E-state index in [4.69, 9.17) is 4.74 Å². The van der Waals surface area contributed by atoms with Crippen molar-refractivity contribution in [1.82, 2.24) is 9.21 Å². The summed E-state index contributed by atoms with van der Waals surface area (Å²) >= 11 is 0. The summed E-state index contributed by atoms with van der Waals surface area (Å²) in [6, 6.07) is 4.84. The van der Waals surface area contributed by atoms with E-state index in [1.54, 1.807) is 21.3 Å². The smallest absolute Gasteiger partial charge is 0.257 e. The SMILES string of the molecule is COc1ccc(S(=O)(=O)N2CCCCCC2)cc1C(=O)N(C)C1CCCCC1C. The predicted octanol–water partition coefficient (Wildman–Crippen LogP) is 3.91. The highest BCUT2D eigenvalue weighted by Gasteiger charge is 2.31. The lowest BCUT2D eigenvalue weighted by molar-refractivity contribution is 0.0625. The van der Waals surface area contributed by atoms with E-state index in [0.717, 1.165) is 44.9 Å². The molecule has 0 aromatic heterocycles. The van der Waals surface area contributed by atoms with Gasteiger partial charge in [-0.25, -0.2) is 8.42 Å². The van der Waals surface area contributed by atoms with Crippen molar-refractivity contribution in [3.05, 3.63) is 23.8 Å². The first kappa shape index (κ1) is 22.1. The van der Waals surface area contributed by atoms with Crippen molar-refractivity contribution in [2.75, 3.05) is 27.2 Å². The number of nitrogens with zero attached hydrogens (tertiary/aromatic N) is 2. The average molecular weight is 423 g/mol. The molecule has 1 aromatic carbocycles. The van der Waals surface area contributed by atoms with Crippen LogP contribution in [0.15, 0.2) is 23.1 Å². The van der Waals surface area contributed by atoms with Crippen molar-refractivity contribution in [1.29, 1.82) is 0 Å². The number of ether oxygens (including phenoxy) is 1. The van der Waals surface area contributed by atoms with Gasteiger partial charge >= 0.3 is 0 Å². The van der Waals surface area contributed by atoms with Crippen molar-refractivity contribution in [2.45, 2.75) is 69.2 Å². The quantitative estimate of drug-likeness (QED) is 0.722. The maximum absolute atomic E-state index is 13.3. The second kappa shape index (κ2) is 9.47. The molecule has 7 heteroatoms. The number of carbonyl (C=O) groups is 1. The molecule has 1 aromatic rings. The summed E-state index contributed by atoms with van der Waals surface area (Å²) in [7, 11) is -0.285. The Morgan fingerprint density at radius 3 is 2.34 bits per heavy atom. The van der Waals surface area contributed by atoms with Gasteiger partial charge in [0.15, 0.2) is 0 Å². The molecular weight excluding hydrogens is 388 g/mol. The van der Waals surface area contributed by atoms with Crippen LogP contribution in [0.2, 0.25) is 0 Å². The molecule has 2 atom stereocenters. The van der Waals surface area contributed by atoms with E-state index in [1.807, 2.05) is 7.05 Å². The van der Waals surface area contributed by atoms with Crippen LogP contribution in [-0.4, -0.2) is 56.8 Å². The molecule has 1 aliphatic heterocycles. The third-order valence-corrected chi connectivity index (χ3v) is 8.38. The molecule has 0 spiro atoms. The van der Waals surface area contributed by atoms with Crippen molar-refractivity contribution in [3.63, 3.8) is 0 Å². The number of sulfonamides is 1. The molecule has 162 valence electrons. The van der Waals surface area contributed by atoms with Crippen LogP contribution >= 0.6 is 0 Å². The van der Waals surface area contributed by atoms with E-state index in [0.29, 0.717) is 30.3 Å². The second-order valence-corrected chi connectivity index (χ2v) is 10.4. The van der Waals surface area contributed by atoms with Gasteiger partial charge in [-0.15, -0.1) is 0 Å². The first-order valence-corrected chi connectivity index (χ1v) is 12.3. The van der Waals surface area contributed by atoms with Crippen LogP contribution in [0.25, 0.3) is 0 Å². The van der Waals surface area contributed by atoms with Crippen molar-refractivity contribution >= 4 is 15.9 Å². The van der Waals surface area contributed by atoms with Crippen LogP contribution in [-0.2, 0) is 10.0 Å². The fourth-order valence-electron chi connectivity index (χ4n) is 4.66. The number of benzene rings is 1. The molecule has 6 nitrogen and oxygen atoms in total. The highest BCUT2D eigenvalue weighted by Crippen LogP contribution is 2.31. The second-order valence-electron chi connectivity index (χ2n) is 8.43. The van der Waals surface area contributed by atoms with Crippen molar-refractivity contribution < 1.29 is 17.9 Å². The summed E-state index contributed by atoms with van der Waals surface area (Å²) in [6.45, 7) is 3.26. The molecule has 0 radical (unpaired) electrons. The molecule has 3 rings (SSSR count). The van der Waals surface area contributed by atoms with Gasteiger partial charge in [-0.05, 0) is 49.8 Å². The van der Waals surface area contributed by atoms with Gasteiger partial charge in [0.05, 0.1) is 17.6 Å². The van der Waals surface area contributed by atoms with E-state index >= 15 is 0 Å². The van der Waals surface area contributed by atoms with Gasteiger partial charge in [-0.1, -0.05) is 32.6 Å². The predicted molar refractivity (Wildman–Crippen MR) is 114 cm³/mol. The van der Waals surface area contributed by atoms with Crippen molar-refractivity contribution in [3.8, 4) is 5.75 Å². The molecular formula is C22H34N2O4S. The van der Waals surface area contributed by atoms with Crippen LogP contribution in [0.1, 0.15) is 68.6 Å². The largest absolute Gasteiger partial charge is 0.496 e. The lowest BCUT2D eigenvalue weighted by Gasteiger charge is -2.36. The molecule has 1 amide bonds. The molecule has 1 aliphatic carbocycles. The van der Waals surface area contributed by atoms with Gasteiger partial charge in [0, 0.05) is 26.2 Å². The van der Waals surface area contributed by atoms with Crippen LogP contribution in [0.3, 0.4) is 0 Å². The average Bonchev–Trinajstić information content (AvgIpc) is 3.02. The first-order valence-electron chi connectivity index (χ1n) is 10.8. The van der Waals surface area contributed by atoms with Crippen molar-refractivity contribution in [2.24, 2.45) is 5.92 Å². The van der Waals surface area contributed by atoms with E-state index in [1.165, 1.54) is 19.6 Å². The molecule has 2 aliphatic rings. The van der Waals surface area contributed by atoms with Crippen LogP contribution in [0.4, 0.5) is 0 Å². The monoisotopic (exact) mass is 422 g/mol. The third kappa shape index (κ3) is 4.77. The third-order valence-electron chi connectivity index (χ3n) is 6.49.